The maximum absolute atomic E-state index is 11.2. The summed E-state index contributed by atoms with van der Waals surface area (Å²) in [5, 5.41) is 3.60. The quantitative estimate of drug-likeness (QED) is 0.551. The molecule has 6 heteroatoms. The topological polar surface area (TPSA) is 44.0 Å². The lowest BCUT2D eigenvalue weighted by Gasteiger charge is -1.99. The van der Waals surface area contributed by atoms with Crippen LogP contribution < -0.4 is 11.1 Å². The SMILES string of the molecule is O=c1ccsn1-c1ccccc1.O=c1ccsn1Cc1ccccc1. The number of para-hydroxylation sites is 1. The summed E-state index contributed by atoms with van der Waals surface area (Å²) in [6.45, 7) is 0.678. The van der Waals surface area contributed by atoms with Crippen LogP contribution in [0.15, 0.2) is 93.1 Å². The van der Waals surface area contributed by atoms with E-state index in [9.17, 15) is 9.59 Å². The highest BCUT2D eigenvalue weighted by Gasteiger charge is 1.98. The molecular weight excluding hydrogens is 352 g/mol. The van der Waals surface area contributed by atoms with E-state index in [0.717, 1.165) is 11.3 Å². The molecule has 0 saturated carbocycles. The first-order valence-corrected chi connectivity index (χ1v) is 9.32. The summed E-state index contributed by atoms with van der Waals surface area (Å²) >= 11 is 2.86. The average molecular weight is 368 g/mol. The van der Waals surface area contributed by atoms with Crippen molar-refractivity contribution in [1.29, 1.82) is 0 Å². The van der Waals surface area contributed by atoms with Crippen LogP contribution in [-0.2, 0) is 6.54 Å². The summed E-state index contributed by atoms with van der Waals surface area (Å²) < 4.78 is 3.38. The molecule has 0 saturated heterocycles. The molecule has 0 aliphatic heterocycles. The van der Waals surface area contributed by atoms with Gasteiger partial charge in [0.2, 0.25) is 0 Å². The van der Waals surface area contributed by atoms with Crippen molar-refractivity contribution < 1.29 is 0 Å². The Balaban J connectivity index is 0.000000146. The van der Waals surface area contributed by atoms with Crippen LogP contribution in [0.3, 0.4) is 0 Å². The molecule has 0 aliphatic rings. The second-order valence-corrected chi connectivity index (χ2v) is 6.92. The van der Waals surface area contributed by atoms with E-state index >= 15 is 0 Å². The summed E-state index contributed by atoms with van der Waals surface area (Å²) in [4.78, 5) is 22.4. The van der Waals surface area contributed by atoms with Crippen LogP contribution in [0, 0.1) is 0 Å². The third kappa shape index (κ3) is 4.65. The smallest absolute Gasteiger partial charge is 0.265 e. The standard InChI is InChI=1S/C10H9NOS.C9H7NOS/c12-10-6-7-13-11(10)8-9-4-2-1-3-5-9;11-9-6-7-12-10(9)8-4-2-1-3-5-8/h1-7H,8H2;1-7H. The molecular formula is C19H16N2O2S2. The van der Waals surface area contributed by atoms with Crippen molar-refractivity contribution in [2.45, 2.75) is 6.54 Å². The molecule has 0 bridgehead atoms. The number of hydrogen-bond acceptors (Lipinski definition) is 4. The number of hydrogen-bond donors (Lipinski definition) is 0. The number of rotatable bonds is 3. The number of aromatic nitrogens is 2. The van der Waals surface area contributed by atoms with Gasteiger partial charge in [-0.25, -0.2) is 3.96 Å². The molecule has 126 valence electrons. The molecule has 4 aromatic rings. The Morgan fingerprint density at radius 2 is 1.28 bits per heavy atom. The van der Waals surface area contributed by atoms with Gasteiger partial charge in [-0.2, -0.15) is 0 Å². The van der Waals surface area contributed by atoms with Crippen molar-refractivity contribution in [3.05, 3.63) is 110 Å². The van der Waals surface area contributed by atoms with Gasteiger partial charge >= 0.3 is 0 Å². The van der Waals surface area contributed by atoms with Gasteiger partial charge in [0.15, 0.2) is 0 Å². The van der Waals surface area contributed by atoms with Crippen LogP contribution in [0.4, 0.5) is 0 Å². The van der Waals surface area contributed by atoms with Gasteiger partial charge in [0.1, 0.15) is 0 Å². The molecule has 0 fully saturated rings. The molecule has 0 radical (unpaired) electrons. The van der Waals surface area contributed by atoms with Crippen LogP contribution in [0.25, 0.3) is 5.69 Å². The van der Waals surface area contributed by atoms with Gasteiger partial charge in [0.05, 0.1) is 12.2 Å². The van der Waals surface area contributed by atoms with Crippen molar-refractivity contribution in [3.63, 3.8) is 0 Å². The minimum Gasteiger partial charge on any atom is -0.268 e. The Morgan fingerprint density at radius 3 is 1.84 bits per heavy atom. The molecule has 0 amide bonds. The Bertz CT molecular complexity index is 1010. The van der Waals surface area contributed by atoms with Crippen LogP contribution >= 0.6 is 23.1 Å². The highest BCUT2D eigenvalue weighted by molar-refractivity contribution is 7.04. The van der Waals surface area contributed by atoms with Gasteiger partial charge in [0, 0.05) is 22.9 Å². The van der Waals surface area contributed by atoms with Crippen LogP contribution in [0.1, 0.15) is 5.56 Å². The van der Waals surface area contributed by atoms with E-state index in [4.69, 9.17) is 0 Å². The minimum absolute atomic E-state index is 0.0335. The lowest BCUT2D eigenvalue weighted by atomic mass is 10.2. The lowest BCUT2D eigenvalue weighted by molar-refractivity contribution is 0.849. The fourth-order valence-electron chi connectivity index (χ4n) is 2.18. The fourth-order valence-corrected chi connectivity index (χ4v) is 3.60. The van der Waals surface area contributed by atoms with E-state index in [1.54, 1.807) is 25.4 Å². The Labute approximate surface area is 153 Å². The van der Waals surface area contributed by atoms with Gasteiger partial charge in [-0.3, -0.25) is 13.5 Å². The lowest BCUT2D eigenvalue weighted by Crippen LogP contribution is -2.12. The molecule has 2 aromatic heterocycles. The molecule has 4 rings (SSSR count). The average Bonchev–Trinajstić information content (AvgIpc) is 3.26. The fraction of sp³-hybridized carbons (Fsp3) is 0.0526. The second-order valence-electron chi connectivity index (χ2n) is 5.14. The van der Waals surface area contributed by atoms with Crippen molar-refractivity contribution in [2.24, 2.45) is 0 Å². The third-order valence-electron chi connectivity index (χ3n) is 3.38. The third-order valence-corrected chi connectivity index (χ3v) is 5.06. The number of nitrogens with zero attached hydrogens (tertiary/aromatic N) is 2. The van der Waals surface area contributed by atoms with E-state index in [1.165, 1.54) is 23.1 Å². The molecule has 4 nitrogen and oxygen atoms in total. The van der Waals surface area contributed by atoms with Gasteiger partial charge in [-0.15, -0.1) is 0 Å². The van der Waals surface area contributed by atoms with Crippen LogP contribution in [0.2, 0.25) is 0 Å². The molecule has 0 spiro atoms. The molecule has 0 atom stereocenters. The highest BCUT2D eigenvalue weighted by Crippen LogP contribution is 2.06. The Kier molecular flexibility index (Phi) is 5.77. The highest BCUT2D eigenvalue weighted by atomic mass is 32.1. The van der Waals surface area contributed by atoms with Gasteiger partial charge < -0.3 is 0 Å². The first-order valence-electron chi connectivity index (χ1n) is 7.65. The maximum atomic E-state index is 11.2. The van der Waals surface area contributed by atoms with Crippen LogP contribution in [-0.4, -0.2) is 7.91 Å². The van der Waals surface area contributed by atoms with E-state index in [1.807, 2.05) is 66.0 Å². The second kappa shape index (κ2) is 8.41. The van der Waals surface area contributed by atoms with Gasteiger partial charge in [-0.05, 0) is 17.7 Å². The zero-order valence-corrected chi connectivity index (χ0v) is 15.0. The molecule has 2 heterocycles. The van der Waals surface area contributed by atoms with E-state index in [-0.39, 0.29) is 11.1 Å². The van der Waals surface area contributed by atoms with Gasteiger partial charge in [-0.1, -0.05) is 71.6 Å². The van der Waals surface area contributed by atoms with Crippen molar-refractivity contribution in [1.82, 2.24) is 7.91 Å². The number of benzene rings is 2. The minimum atomic E-state index is 0.0335. The first-order chi connectivity index (χ1) is 12.2. The maximum Gasteiger partial charge on any atom is 0.265 e. The Morgan fingerprint density at radius 1 is 0.680 bits per heavy atom. The van der Waals surface area contributed by atoms with Crippen molar-refractivity contribution >= 4 is 23.1 Å². The van der Waals surface area contributed by atoms with Crippen molar-refractivity contribution in [3.8, 4) is 5.69 Å². The first kappa shape index (κ1) is 17.1. The summed E-state index contributed by atoms with van der Waals surface area (Å²) in [5.41, 5.74) is 2.20. The van der Waals surface area contributed by atoms with Gasteiger partial charge in [0.25, 0.3) is 11.1 Å². The van der Waals surface area contributed by atoms with E-state index in [2.05, 4.69) is 0 Å². The normalized spacial score (nSPS) is 10.1. The Hall–Kier alpha value is -2.70. The molecule has 25 heavy (non-hydrogen) atoms. The summed E-state index contributed by atoms with van der Waals surface area (Å²) in [7, 11) is 0. The van der Waals surface area contributed by atoms with E-state index in [0.29, 0.717) is 6.54 Å². The van der Waals surface area contributed by atoms with E-state index < -0.39 is 0 Å². The monoisotopic (exact) mass is 368 g/mol. The van der Waals surface area contributed by atoms with Crippen molar-refractivity contribution in [2.75, 3.05) is 0 Å². The molecule has 0 aliphatic carbocycles. The molecule has 2 aromatic carbocycles. The zero-order valence-electron chi connectivity index (χ0n) is 13.3. The predicted molar refractivity (Wildman–Crippen MR) is 104 cm³/mol. The summed E-state index contributed by atoms with van der Waals surface area (Å²) in [5.74, 6) is 0. The summed E-state index contributed by atoms with van der Waals surface area (Å²) in [6.07, 6.45) is 0. The molecule has 0 N–H and O–H groups in total. The van der Waals surface area contributed by atoms with Crippen LogP contribution in [0.5, 0.6) is 0 Å². The largest absolute Gasteiger partial charge is 0.268 e. The zero-order chi connectivity index (χ0) is 17.5. The summed E-state index contributed by atoms with van der Waals surface area (Å²) in [6, 6.07) is 22.7. The molecule has 0 unspecified atom stereocenters. The predicted octanol–water partition coefficient (Wildman–Crippen LogP) is 3.86.